The van der Waals surface area contributed by atoms with E-state index in [1.54, 1.807) is 0 Å². The van der Waals surface area contributed by atoms with Crippen molar-refractivity contribution in [1.29, 1.82) is 0 Å². The first kappa shape index (κ1) is 20.4. The van der Waals surface area contributed by atoms with Crippen molar-refractivity contribution in [2.45, 2.75) is 52.6 Å². The Balaban J connectivity index is 1.57. The van der Waals surface area contributed by atoms with E-state index in [2.05, 4.69) is 37.8 Å². The molecule has 4 rings (SSSR count). The van der Waals surface area contributed by atoms with Gasteiger partial charge in [0.25, 0.3) is 0 Å². The lowest BCUT2D eigenvalue weighted by Crippen LogP contribution is -2.42. The molecule has 2 nitrogen and oxygen atoms in total. The zero-order valence-corrected chi connectivity index (χ0v) is 18.0. The van der Waals surface area contributed by atoms with Gasteiger partial charge in [0.1, 0.15) is 0 Å². The van der Waals surface area contributed by atoms with Gasteiger partial charge in [-0.1, -0.05) is 54.2 Å². The number of allylic oxidation sites excluding steroid dienone is 2. The molecular weight excluding hydrogens is 368 g/mol. The average molecular weight is 397 g/mol. The van der Waals surface area contributed by atoms with Crippen molar-refractivity contribution in [3.8, 4) is 11.8 Å². The number of aryl methyl sites for hydroxylation is 1. The molecule has 2 aromatic rings. The third-order valence-electron chi connectivity index (χ3n) is 6.63. The molecule has 2 atom stereocenters. The van der Waals surface area contributed by atoms with Crippen LogP contribution in [0.25, 0.3) is 6.08 Å². The Bertz CT molecular complexity index is 1090. The zero-order valence-electron chi connectivity index (χ0n) is 18.0. The number of aliphatic hydroxyl groups excluding tert-OH is 1. The molecule has 1 saturated carbocycles. The zero-order chi connectivity index (χ0) is 21.3. The molecule has 0 radical (unpaired) electrons. The van der Waals surface area contributed by atoms with Crippen LogP contribution in [0.1, 0.15) is 61.8 Å². The maximum atomic E-state index is 13.0. The van der Waals surface area contributed by atoms with E-state index in [0.29, 0.717) is 6.42 Å². The van der Waals surface area contributed by atoms with Gasteiger partial charge < -0.3 is 5.11 Å². The van der Waals surface area contributed by atoms with E-state index in [9.17, 15) is 9.90 Å². The smallest absolute Gasteiger partial charge is 0.184 e. The lowest BCUT2D eigenvalue weighted by molar-refractivity contribution is -0.113. The van der Waals surface area contributed by atoms with Gasteiger partial charge in [0, 0.05) is 22.1 Å². The Kier molecular flexibility index (Phi) is 5.50. The number of ketones is 1. The fourth-order valence-corrected chi connectivity index (χ4v) is 4.73. The molecule has 152 valence electrons. The Morgan fingerprint density at radius 2 is 1.60 bits per heavy atom. The Labute approximate surface area is 179 Å². The Morgan fingerprint density at radius 3 is 2.23 bits per heavy atom. The first-order valence-electron chi connectivity index (χ1n) is 10.7. The number of carbonyl (C=O) groups is 1. The largest absolute Gasteiger partial charge is 0.392 e. The molecule has 1 fully saturated rings. The molecule has 0 aliphatic heterocycles. The number of hydrogen-bond donors (Lipinski definition) is 1. The summed E-state index contributed by atoms with van der Waals surface area (Å²) < 4.78 is 0. The molecule has 0 aromatic heterocycles. The highest BCUT2D eigenvalue weighted by atomic mass is 16.3. The summed E-state index contributed by atoms with van der Waals surface area (Å²) in [4.78, 5) is 13.0. The summed E-state index contributed by atoms with van der Waals surface area (Å²) in [5.74, 6) is 6.51. The van der Waals surface area contributed by atoms with Crippen LogP contribution < -0.4 is 0 Å². The molecular formula is C28H28O2. The van der Waals surface area contributed by atoms with E-state index < -0.39 is 0 Å². The highest BCUT2D eigenvalue weighted by Gasteiger charge is 2.45. The molecule has 0 amide bonds. The van der Waals surface area contributed by atoms with Gasteiger partial charge in [-0.05, 0) is 81.0 Å². The molecule has 0 bridgehead atoms. The van der Waals surface area contributed by atoms with Gasteiger partial charge in [-0.25, -0.2) is 0 Å². The minimum Gasteiger partial charge on any atom is -0.392 e. The van der Waals surface area contributed by atoms with Crippen molar-refractivity contribution in [3.05, 3.63) is 87.5 Å². The number of Topliss-reactive ketones (excluding diaryl/α,β-unsaturated/α-hetero) is 1. The van der Waals surface area contributed by atoms with Gasteiger partial charge in [-0.3, -0.25) is 4.79 Å². The minimum atomic E-state index is -0.382. The van der Waals surface area contributed by atoms with Crippen LogP contribution in [-0.4, -0.2) is 17.0 Å². The van der Waals surface area contributed by atoms with Crippen LogP contribution in [0.15, 0.2) is 65.3 Å². The lowest BCUT2D eigenvalue weighted by atomic mass is 9.61. The standard InChI is InChI=1S/C28H28O2/c1-19-7-9-21(10-8-19)11-12-22-13-15-23(16-14-22)17-24-18-28(3)25(20(2)27(24)30)5-4-6-26(28)29/h7-10,13-17,26,29H,4-6,18H2,1-3H3/b24-17+/t26-,28-/m0/s1. The van der Waals surface area contributed by atoms with Crippen LogP contribution in [0, 0.1) is 24.2 Å². The number of carbonyl (C=O) groups excluding carboxylic acids is 1. The second-order valence-electron chi connectivity index (χ2n) is 8.84. The van der Waals surface area contributed by atoms with E-state index in [-0.39, 0.29) is 17.3 Å². The van der Waals surface area contributed by atoms with Gasteiger partial charge in [0.05, 0.1) is 6.10 Å². The summed E-state index contributed by atoms with van der Waals surface area (Å²) in [6.07, 6.45) is 4.89. The number of aliphatic hydroxyl groups is 1. The molecule has 2 aliphatic carbocycles. The number of benzene rings is 2. The summed E-state index contributed by atoms with van der Waals surface area (Å²) in [5.41, 5.74) is 6.61. The first-order chi connectivity index (χ1) is 14.4. The van der Waals surface area contributed by atoms with Crippen molar-refractivity contribution < 1.29 is 9.90 Å². The van der Waals surface area contributed by atoms with E-state index in [1.807, 2.05) is 49.4 Å². The number of rotatable bonds is 1. The molecule has 0 heterocycles. The van der Waals surface area contributed by atoms with Gasteiger partial charge in [0.2, 0.25) is 0 Å². The number of fused-ring (bicyclic) bond motifs is 1. The van der Waals surface area contributed by atoms with Crippen LogP contribution in [-0.2, 0) is 4.79 Å². The van der Waals surface area contributed by atoms with Crippen LogP contribution in [0.4, 0.5) is 0 Å². The Hall–Kier alpha value is -2.89. The second kappa shape index (κ2) is 8.09. The first-order valence-corrected chi connectivity index (χ1v) is 10.7. The van der Waals surface area contributed by atoms with E-state index in [1.165, 1.54) is 5.56 Å². The summed E-state index contributed by atoms with van der Waals surface area (Å²) in [5, 5.41) is 10.7. The van der Waals surface area contributed by atoms with Crippen LogP contribution in [0.3, 0.4) is 0 Å². The molecule has 1 N–H and O–H groups in total. The number of hydrogen-bond acceptors (Lipinski definition) is 2. The highest BCUT2D eigenvalue weighted by Crippen LogP contribution is 2.50. The molecule has 0 saturated heterocycles. The monoisotopic (exact) mass is 396 g/mol. The van der Waals surface area contributed by atoms with Crippen molar-refractivity contribution in [1.82, 2.24) is 0 Å². The van der Waals surface area contributed by atoms with Crippen molar-refractivity contribution in [3.63, 3.8) is 0 Å². The van der Waals surface area contributed by atoms with Gasteiger partial charge >= 0.3 is 0 Å². The van der Waals surface area contributed by atoms with Crippen LogP contribution >= 0.6 is 0 Å². The quantitative estimate of drug-likeness (QED) is 0.502. The fourth-order valence-electron chi connectivity index (χ4n) is 4.73. The maximum Gasteiger partial charge on any atom is 0.184 e. The summed E-state index contributed by atoms with van der Waals surface area (Å²) >= 11 is 0. The molecule has 0 unspecified atom stereocenters. The maximum absolute atomic E-state index is 13.0. The topological polar surface area (TPSA) is 37.3 Å². The SMILES string of the molecule is CC1=C2CCC[C@H](O)[C@@]2(C)C/C(=C\c2ccc(C#Cc3ccc(C)cc3)cc2)C1=O. The predicted octanol–water partition coefficient (Wildman–Crippen LogP) is 5.62. The third-order valence-corrected chi connectivity index (χ3v) is 6.63. The highest BCUT2D eigenvalue weighted by molar-refractivity contribution is 6.12. The van der Waals surface area contributed by atoms with E-state index in [4.69, 9.17) is 0 Å². The van der Waals surface area contributed by atoms with Gasteiger partial charge in [0.15, 0.2) is 5.78 Å². The van der Waals surface area contributed by atoms with Crippen molar-refractivity contribution in [2.75, 3.05) is 0 Å². The van der Waals surface area contributed by atoms with Crippen LogP contribution in [0.5, 0.6) is 0 Å². The summed E-state index contributed by atoms with van der Waals surface area (Å²) in [6, 6.07) is 16.2. The predicted molar refractivity (Wildman–Crippen MR) is 122 cm³/mol. The minimum absolute atomic E-state index is 0.125. The molecule has 30 heavy (non-hydrogen) atoms. The molecule has 0 spiro atoms. The van der Waals surface area contributed by atoms with Crippen molar-refractivity contribution in [2.24, 2.45) is 5.41 Å². The van der Waals surface area contributed by atoms with Crippen LogP contribution in [0.2, 0.25) is 0 Å². The molecule has 2 aliphatic rings. The van der Waals surface area contributed by atoms with E-state index >= 15 is 0 Å². The Morgan fingerprint density at radius 1 is 1.00 bits per heavy atom. The summed E-state index contributed by atoms with van der Waals surface area (Å²) in [6.45, 7) is 6.10. The third kappa shape index (κ3) is 3.91. The van der Waals surface area contributed by atoms with Gasteiger partial charge in [-0.15, -0.1) is 0 Å². The second-order valence-corrected chi connectivity index (χ2v) is 8.84. The lowest BCUT2D eigenvalue weighted by Gasteiger charge is -2.45. The molecule has 2 heteroatoms. The van der Waals surface area contributed by atoms with E-state index in [0.717, 1.165) is 52.7 Å². The average Bonchev–Trinajstić information content (AvgIpc) is 2.74. The van der Waals surface area contributed by atoms with Crippen molar-refractivity contribution >= 4 is 11.9 Å². The normalized spacial score (nSPS) is 25.0. The molecule has 2 aromatic carbocycles. The van der Waals surface area contributed by atoms with Gasteiger partial charge in [-0.2, -0.15) is 0 Å². The summed E-state index contributed by atoms with van der Waals surface area (Å²) in [7, 11) is 0. The fraction of sp³-hybridized carbons (Fsp3) is 0.321.